The standard InChI is InChI=1S/C27H35N3O5S2/c1-4-19(2)16-30(37(34,35)22-11-12-23-26(15-22)36-18-28-23)17-25(32)24(14-21-8-6-5-7-9-21)29-27(33)13-10-20(3)31/h5-9,11-12,15,18-19,24-25,32H,4,10,13-14,16-17H2,1-3H3,(H,29,33)/t19-,24-,25+/m0/s1. The van der Waals surface area contributed by atoms with E-state index in [1.165, 1.54) is 22.6 Å². The Hall–Kier alpha value is -2.66. The number of aliphatic hydroxyl groups is 1. The molecule has 2 N–H and O–H groups in total. The van der Waals surface area contributed by atoms with Crippen molar-refractivity contribution in [2.75, 3.05) is 13.1 Å². The van der Waals surface area contributed by atoms with E-state index in [2.05, 4.69) is 10.3 Å². The molecule has 0 saturated heterocycles. The number of sulfonamides is 1. The Labute approximate surface area is 222 Å². The van der Waals surface area contributed by atoms with Gasteiger partial charge in [-0.25, -0.2) is 13.4 Å². The lowest BCUT2D eigenvalue weighted by Crippen LogP contribution is -2.51. The molecular formula is C27H35N3O5S2. The SMILES string of the molecule is CC[C@H](C)CN(C[C@@H](O)[C@H](Cc1ccccc1)NC(=O)CCC(C)=O)S(=O)(=O)c1ccc2ncsc2c1. The Kier molecular flexibility index (Phi) is 10.3. The molecule has 0 saturated carbocycles. The predicted octanol–water partition coefficient (Wildman–Crippen LogP) is 3.79. The normalized spacial score (nSPS) is 14.4. The van der Waals surface area contributed by atoms with Crippen molar-refractivity contribution in [1.29, 1.82) is 0 Å². The molecule has 0 bridgehead atoms. The van der Waals surface area contributed by atoms with Crippen LogP contribution < -0.4 is 5.32 Å². The third-order valence-electron chi connectivity index (χ3n) is 6.36. The number of amides is 1. The number of hydrogen-bond donors (Lipinski definition) is 2. The number of hydrogen-bond acceptors (Lipinski definition) is 7. The first-order valence-corrected chi connectivity index (χ1v) is 14.8. The Bertz CT molecular complexity index is 1290. The maximum atomic E-state index is 13.7. The zero-order chi connectivity index (χ0) is 27.0. The first-order chi connectivity index (χ1) is 17.6. The van der Waals surface area contributed by atoms with Crippen molar-refractivity contribution in [2.24, 2.45) is 5.92 Å². The van der Waals surface area contributed by atoms with E-state index in [0.29, 0.717) is 6.42 Å². The summed E-state index contributed by atoms with van der Waals surface area (Å²) in [6.45, 7) is 5.42. The molecule has 3 rings (SSSR count). The Morgan fingerprint density at radius 1 is 1.11 bits per heavy atom. The molecule has 8 nitrogen and oxygen atoms in total. The highest BCUT2D eigenvalue weighted by molar-refractivity contribution is 7.89. The first-order valence-electron chi connectivity index (χ1n) is 12.4. The molecule has 0 fully saturated rings. The van der Waals surface area contributed by atoms with Crippen LogP contribution in [-0.2, 0) is 26.0 Å². The van der Waals surface area contributed by atoms with E-state index in [9.17, 15) is 23.1 Å². The molecule has 0 aliphatic rings. The molecule has 1 heterocycles. The van der Waals surface area contributed by atoms with Gasteiger partial charge in [0.25, 0.3) is 0 Å². The summed E-state index contributed by atoms with van der Waals surface area (Å²) < 4.78 is 29.6. The van der Waals surface area contributed by atoms with Crippen LogP contribution in [0, 0.1) is 5.92 Å². The second kappa shape index (κ2) is 13.2. The zero-order valence-corrected chi connectivity index (χ0v) is 23.1. The van der Waals surface area contributed by atoms with Crippen molar-refractivity contribution < 1.29 is 23.1 Å². The molecule has 0 spiro atoms. The molecule has 2 aromatic carbocycles. The summed E-state index contributed by atoms with van der Waals surface area (Å²) in [5.41, 5.74) is 3.30. The van der Waals surface area contributed by atoms with E-state index in [1.54, 1.807) is 23.7 Å². The number of fused-ring (bicyclic) bond motifs is 1. The maximum Gasteiger partial charge on any atom is 0.243 e. The van der Waals surface area contributed by atoms with Crippen LogP contribution >= 0.6 is 11.3 Å². The van der Waals surface area contributed by atoms with E-state index < -0.39 is 22.2 Å². The summed E-state index contributed by atoms with van der Waals surface area (Å²) >= 11 is 1.37. The second-order valence-electron chi connectivity index (χ2n) is 9.45. The summed E-state index contributed by atoms with van der Waals surface area (Å²) in [5.74, 6) is -0.395. The van der Waals surface area contributed by atoms with E-state index in [1.807, 2.05) is 44.2 Å². The van der Waals surface area contributed by atoms with Crippen LogP contribution in [-0.4, -0.2) is 59.7 Å². The smallest absolute Gasteiger partial charge is 0.243 e. The van der Waals surface area contributed by atoms with E-state index in [-0.39, 0.29) is 48.4 Å². The van der Waals surface area contributed by atoms with Crippen molar-refractivity contribution in [3.05, 3.63) is 59.6 Å². The van der Waals surface area contributed by atoms with Gasteiger partial charge < -0.3 is 15.2 Å². The summed E-state index contributed by atoms with van der Waals surface area (Å²) in [6, 6.07) is 13.5. The van der Waals surface area contributed by atoms with Crippen LogP contribution in [0.1, 0.15) is 45.6 Å². The largest absolute Gasteiger partial charge is 0.390 e. The average molecular weight is 546 g/mol. The lowest BCUT2D eigenvalue weighted by atomic mass is 10.0. The van der Waals surface area contributed by atoms with Crippen LogP contribution in [0.15, 0.2) is 58.9 Å². The molecular weight excluding hydrogens is 510 g/mol. The van der Waals surface area contributed by atoms with Gasteiger partial charge in [0.2, 0.25) is 15.9 Å². The van der Waals surface area contributed by atoms with Crippen molar-refractivity contribution in [2.45, 2.75) is 63.5 Å². The Morgan fingerprint density at radius 3 is 2.51 bits per heavy atom. The Balaban J connectivity index is 1.87. The molecule has 0 unspecified atom stereocenters. The van der Waals surface area contributed by atoms with Gasteiger partial charge in [0.15, 0.2) is 0 Å². The average Bonchev–Trinajstić information content (AvgIpc) is 3.35. The number of Topliss-reactive ketones (excluding diaryl/α,β-unsaturated/α-hetero) is 1. The van der Waals surface area contributed by atoms with Gasteiger partial charge in [-0.2, -0.15) is 4.31 Å². The van der Waals surface area contributed by atoms with Crippen molar-refractivity contribution in [3.8, 4) is 0 Å². The number of nitrogens with one attached hydrogen (secondary N) is 1. The number of aromatic nitrogens is 1. The maximum absolute atomic E-state index is 13.7. The van der Waals surface area contributed by atoms with Crippen molar-refractivity contribution >= 4 is 43.3 Å². The molecule has 0 aliphatic carbocycles. The van der Waals surface area contributed by atoms with Gasteiger partial charge in [0.1, 0.15) is 5.78 Å². The van der Waals surface area contributed by atoms with Crippen LogP contribution in [0.25, 0.3) is 10.2 Å². The molecule has 0 aliphatic heterocycles. The molecule has 1 amide bonds. The van der Waals surface area contributed by atoms with Gasteiger partial charge in [0, 0.05) is 25.9 Å². The van der Waals surface area contributed by atoms with Crippen LogP contribution in [0.2, 0.25) is 0 Å². The quantitative estimate of drug-likeness (QED) is 0.318. The highest BCUT2D eigenvalue weighted by Crippen LogP contribution is 2.25. The van der Waals surface area contributed by atoms with E-state index >= 15 is 0 Å². The van der Waals surface area contributed by atoms with E-state index in [0.717, 1.165) is 22.2 Å². The molecule has 200 valence electrons. The summed E-state index contributed by atoms with van der Waals surface area (Å²) in [7, 11) is -3.93. The van der Waals surface area contributed by atoms with Gasteiger partial charge in [0.05, 0.1) is 32.8 Å². The topological polar surface area (TPSA) is 117 Å². The monoisotopic (exact) mass is 545 g/mol. The van der Waals surface area contributed by atoms with Gasteiger partial charge in [-0.05, 0) is 43.0 Å². The third-order valence-corrected chi connectivity index (χ3v) is 8.98. The lowest BCUT2D eigenvalue weighted by molar-refractivity contribution is -0.125. The van der Waals surface area contributed by atoms with Crippen LogP contribution in [0.4, 0.5) is 0 Å². The van der Waals surface area contributed by atoms with Crippen LogP contribution in [0.5, 0.6) is 0 Å². The third kappa shape index (κ3) is 8.16. The van der Waals surface area contributed by atoms with Gasteiger partial charge in [-0.1, -0.05) is 50.6 Å². The first kappa shape index (κ1) is 28.9. The fourth-order valence-corrected chi connectivity index (χ4v) is 6.34. The highest BCUT2D eigenvalue weighted by atomic mass is 32.2. The number of rotatable bonds is 14. The lowest BCUT2D eigenvalue weighted by Gasteiger charge is -2.31. The fourth-order valence-electron chi connectivity index (χ4n) is 3.95. The molecule has 10 heteroatoms. The van der Waals surface area contributed by atoms with Crippen LogP contribution in [0.3, 0.4) is 0 Å². The number of carbonyl (C=O) groups is 2. The van der Waals surface area contributed by atoms with Gasteiger partial charge >= 0.3 is 0 Å². The minimum atomic E-state index is -3.93. The zero-order valence-electron chi connectivity index (χ0n) is 21.5. The number of thiazole rings is 1. The molecule has 1 aromatic heterocycles. The minimum Gasteiger partial charge on any atom is -0.390 e. The summed E-state index contributed by atoms with van der Waals surface area (Å²) in [5, 5.41) is 14.1. The van der Waals surface area contributed by atoms with Crippen molar-refractivity contribution in [1.82, 2.24) is 14.6 Å². The molecule has 3 aromatic rings. The predicted molar refractivity (Wildman–Crippen MR) is 146 cm³/mol. The number of carbonyl (C=O) groups excluding carboxylic acids is 2. The Morgan fingerprint density at radius 2 is 1.84 bits per heavy atom. The van der Waals surface area contributed by atoms with Crippen molar-refractivity contribution in [3.63, 3.8) is 0 Å². The molecule has 0 radical (unpaired) electrons. The van der Waals surface area contributed by atoms with Gasteiger partial charge in [-0.15, -0.1) is 11.3 Å². The summed E-state index contributed by atoms with van der Waals surface area (Å²) in [4.78, 5) is 28.3. The van der Waals surface area contributed by atoms with Gasteiger partial charge in [-0.3, -0.25) is 4.79 Å². The number of nitrogens with zero attached hydrogens (tertiary/aromatic N) is 2. The second-order valence-corrected chi connectivity index (χ2v) is 12.3. The highest BCUT2D eigenvalue weighted by Gasteiger charge is 2.32. The number of benzene rings is 2. The van der Waals surface area contributed by atoms with E-state index in [4.69, 9.17) is 0 Å². The molecule has 3 atom stereocenters. The summed E-state index contributed by atoms with van der Waals surface area (Å²) in [6.07, 6.45) is 0.0294. The minimum absolute atomic E-state index is 0.0110. The number of aliphatic hydroxyl groups excluding tert-OH is 1. The fraction of sp³-hybridized carbons (Fsp3) is 0.444. The molecule has 37 heavy (non-hydrogen) atoms. The number of ketones is 1.